The largest absolute Gasteiger partial charge is 0.352 e. The maximum atomic E-state index is 12.9. The Labute approximate surface area is 193 Å². The van der Waals surface area contributed by atoms with E-state index in [0.29, 0.717) is 5.91 Å². The summed E-state index contributed by atoms with van der Waals surface area (Å²) in [6.45, 7) is 8.15. The van der Waals surface area contributed by atoms with E-state index in [9.17, 15) is 9.59 Å². The van der Waals surface area contributed by atoms with Gasteiger partial charge in [0.2, 0.25) is 11.8 Å². The molecule has 1 saturated carbocycles. The number of piperidine rings is 1. The average Bonchev–Trinajstić information content (AvgIpc) is 2.85. The van der Waals surface area contributed by atoms with E-state index in [1.165, 1.54) is 24.8 Å². The molecule has 176 valence electrons. The molecule has 32 heavy (non-hydrogen) atoms. The Morgan fingerprint density at radius 3 is 2.22 bits per heavy atom. The minimum atomic E-state index is -0.135. The number of likely N-dealkylation sites (tertiary alicyclic amines) is 1. The van der Waals surface area contributed by atoms with Crippen LogP contribution in [0.25, 0.3) is 0 Å². The van der Waals surface area contributed by atoms with Crippen molar-refractivity contribution in [3.63, 3.8) is 0 Å². The van der Waals surface area contributed by atoms with Crippen molar-refractivity contribution in [2.45, 2.75) is 70.5 Å². The summed E-state index contributed by atoms with van der Waals surface area (Å²) in [5.74, 6) is 0.728. The molecule has 3 fully saturated rings. The number of hydrogen-bond acceptors (Lipinski definition) is 4. The summed E-state index contributed by atoms with van der Waals surface area (Å²) in [6, 6.07) is 10.7. The molecule has 0 aromatic heterocycles. The number of nitrogens with one attached hydrogen (secondary N) is 1. The molecule has 1 unspecified atom stereocenters. The highest BCUT2D eigenvalue weighted by Crippen LogP contribution is 2.26. The predicted octanol–water partition coefficient (Wildman–Crippen LogP) is 2.88. The molecule has 2 saturated heterocycles. The Hall–Kier alpha value is -1.92. The third-order valence-corrected chi connectivity index (χ3v) is 7.69. The monoisotopic (exact) mass is 440 g/mol. The summed E-state index contributed by atoms with van der Waals surface area (Å²) in [5, 5.41) is 3.30. The molecule has 4 rings (SSSR count). The topological polar surface area (TPSA) is 55.9 Å². The maximum Gasteiger partial charge on any atom is 0.237 e. The minimum Gasteiger partial charge on any atom is -0.352 e. The van der Waals surface area contributed by atoms with Gasteiger partial charge in [-0.05, 0) is 38.2 Å². The lowest BCUT2D eigenvalue weighted by Gasteiger charge is -2.40. The van der Waals surface area contributed by atoms with Gasteiger partial charge < -0.3 is 10.2 Å². The predicted molar refractivity (Wildman–Crippen MR) is 127 cm³/mol. The van der Waals surface area contributed by atoms with Crippen LogP contribution < -0.4 is 5.32 Å². The maximum absolute atomic E-state index is 12.9. The van der Waals surface area contributed by atoms with E-state index in [-0.39, 0.29) is 23.9 Å². The van der Waals surface area contributed by atoms with Gasteiger partial charge in [0.05, 0.1) is 6.04 Å². The molecule has 1 atom stereocenters. The van der Waals surface area contributed by atoms with Gasteiger partial charge in [-0.15, -0.1) is 0 Å². The number of amides is 2. The van der Waals surface area contributed by atoms with Crippen LogP contribution in [-0.2, 0) is 16.1 Å². The molecule has 2 heterocycles. The molecule has 6 heteroatoms. The van der Waals surface area contributed by atoms with Crippen LogP contribution in [0.5, 0.6) is 0 Å². The van der Waals surface area contributed by atoms with E-state index in [0.717, 1.165) is 71.5 Å². The standard InChI is InChI=1S/C26H40N4O2/c1-21(29-16-18-30(19-17-29)26(32)23-10-6-3-7-11-23)25(31)27-24-12-14-28(15-13-24)20-22-8-4-2-5-9-22/h2,4-5,8-9,21,23-24H,3,6-7,10-20H2,1H3,(H,27,31). The summed E-state index contributed by atoms with van der Waals surface area (Å²) in [7, 11) is 0. The Balaban J connectivity index is 1.16. The Morgan fingerprint density at radius 2 is 1.56 bits per heavy atom. The summed E-state index contributed by atoms with van der Waals surface area (Å²) >= 11 is 0. The molecule has 1 aromatic rings. The molecule has 2 aliphatic heterocycles. The molecule has 6 nitrogen and oxygen atoms in total. The second-order valence-electron chi connectivity index (χ2n) is 9.92. The lowest BCUT2D eigenvalue weighted by Crippen LogP contribution is -2.57. The molecule has 0 spiro atoms. The van der Waals surface area contributed by atoms with E-state index in [1.54, 1.807) is 0 Å². The molecule has 3 aliphatic rings. The van der Waals surface area contributed by atoms with Gasteiger partial charge in [-0.1, -0.05) is 49.6 Å². The lowest BCUT2D eigenvalue weighted by atomic mass is 9.88. The van der Waals surface area contributed by atoms with Crippen LogP contribution in [-0.4, -0.2) is 77.9 Å². The van der Waals surface area contributed by atoms with Crippen LogP contribution in [0.1, 0.15) is 57.4 Å². The highest BCUT2D eigenvalue weighted by atomic mass is 16.2. The van der Waals surface area contributed by atoms with Crippen molar-refractivity contribution in [3.05, 3.63) is 35.9 Å². The van der Waals surface area contributed by atoms with Gasteiger partial charge in [-0.3, -0.25) is 19.4 Å². The lowest BCUT2D eigenvalue weighted by molar-refractivity contribution is -0.139. The van der Waals surface area contributed by atoms with E-state index >= 15 is 0 Å². The van der Waals surface area contributed by atoms with Crippen molar-refractivity contribution in [1.29, 1.82) is 0 Å². The van der Waals surface area contributed by atoms with Crippen molar-refractivity contribution in [2.75, 3.05) is 39.3 Å². The molecular formula is C26H40N4O2. The Bertz CT molecular complexity index is 733. The second-order valence-corrected chi connectivity index (χ2v) is 9.92. The van der Waals surface area contributed by atoms with Crippen molar-refractivity contribution >= 4 is 11.8 Å². The van der Waals surface area contributed by atoms with Crippen molar-refractivity contribution < 1.29 is 9.59 Å². The first kappa shape index (κ1) is 23.2. The van der Waals surface area contributed by atoms with Gasteiger partial charge in [0.25, 0.3) is 0 Å². The Morgan fingerprint density at radius 1 is 0.906 bits per heavy atom. The molecule has 1 N–H and O–H groups in total. The molecule has 0 bridgehead atoms. The fourth-order valence-corrected chi connectivity index (χ4v) is 5.50. The van der Waals surface area contributed by atoms with E-state index in [2.05, 4.69) is 45.4 Å². The fraction of sp³-hybridized carbons (Fsp3) is 0.692. The summed E-state index contributed by atoms with van der Waals surface area (Å²) in [5.41, 5.74) is 1.35. The fourth-order valence-electron chi connectivity index (χ4n) is 5.50. The second kappa shape index (κ2) is 11.3. The number of piperazine rings is 1. The SMILES string of the molecule is CC(C(=O)NC1CCN(Cc2ccccc2)CC1)N1CCN(C(=O)C2CCCCC2)CC1. The van der Waals surface area contributed by atoms with E-state index in [4.69, 9.17) is 0 Å². The normalized spacial score (nSPS) is 23.1. The number of nitrogens with zero attached hydrogens (tertiary/aromatic N) is 3. The molecule has 1 aromatic carbocycles. The van der Waals surface area contributed by atoms with Crippen molar-refractivity contribution in [1.82, 2.24) is 20.0 Å². The summed E-state index contributed by atoms with van der Waals surface area (Å²) in [6.07, 6.45) is 7.79. The van der Waals surface area contributed by atoms with Crippen molar-refractivity contribution in [2.24, 2.45) is 5.92 Å². The van der Waals surface area contributed by atoms with Crippen LogP contribution in [0.3, 0.4) is 0 Å². The van der Waals surface area contributed by atoms with Gasteiger partial charge in [0, 0.05) is 57.8 Å². The van der Waals surface area contributed by atoms with Crippen LogP contribution in [0.15, 0.2) is 30.3 Å². The summed E-state index contributed by atoms with van der Waals surface area (Å²) < 4.78 is 0. The first-order chi connectivity index (χ1) is 15.6. The molecular weight excluding hydrogens is 400 g/mol. The van der Waals surface area contributed by atoms with E-state index in [1.807, 2.05) is 11.8 Å². The van der Waals surface area contributed by atoms with Crippen LogP contribution >= 0.6 is 0 Å². The summed E-state index contributed by atoms with van der Waals surface area (Å²) in [4.78, 5) is 32.4. The quantitative estimate of drug-likeness (QED) is 0.739. The zero-order chi connectivity index (χ0) is 22.3. The van der Waals surface area contributed by atoms with Gasteiger partial charge >= 0.3 is 0 Å². The third-order valence-electron chi connectivity index (χ3n) is 7.69. The van der Waals surface area contributed by atoms with Crippen LogP contribution in [0.2, 0.25) is 0 Å². The van der Waals surface area contributed by atoms with Gasteiger partial charge in [0.15, 0.2) is 0 Å². The van der Waals surface area contributed by atoms with Crippen LogP contribution in [0.4, 0.5) is 0 Å². The number of carbonyl (C=O) groups excluding carboxylic acids is 2. The Kier molecular flexibility index (Phi) is 8.20. The molecule has 2 amide bonds. The third kappa shape index (κ3) is 6.10. The zero-order valence-corrected chi connectivity index (χ0v) is 19.7. The number of benzene rings is 1. The van der Waals surface area contributed by atoms with Crippen LogP contribution in [0, 0.1) is 5.92 Å². The first-order valence-electron chi connectivity index (χ1n) is 12.7. The molecule has 0 radical (unpaired) electrons. The van der Waals surface area contributed by atoms with Gasteiger partial charge in [-0.2, -0.15) is 0 Å². The van der Waals surface area contributed by atoms with E-state index < -0.39 is 0 Å². The van der Waals surface area contributed by atoms with Crippen molar-refractivity contribution in [3.8, 4) is 0 Å². The number of carbonyl (C=O) groups is 2. The zero-order valence-electron chi connectivity index (χ0n) is 19.7. The van der Waals surface area contributed by atoms with Gasteiger partial charge in [0.1, 0.15) is 0 Å². The molecule has 1 aliphatic carbocycles. The smallest absolute Gasteiger partial charge is 0.237 e. The highest BCUT2D eigenvalue weighted by molar-refractivity contribution is 5.82. The first-order valence-corrected chi connectivity index (χ1v) is 12.7. The minimum absolute atomic E-state index is 0.135. The van der Waals surface area contributed by atoms with Gasteiger partial charge in [-0.25, -0.2) is 0 Å². The number of rotatable bonds is 6. The average molecular weight is 441 g/mol. The highest BCUT2D eigenvalue weighted by Gasteiger charge is 2.32. The number of hydrogen-bond donors (Lipinski definition) is 1.